The Bertz CT molecular complexity index is 1010. The van der Waals surface area contributed by atoms with E-state index in [4.69, 9.17) is 0 Å². The molecule has 2 heterocycles. The number of pyridine rings is 2. The predicted molar refractivity (Wildman–Crippen MR) is 108 cm³/mol. The van der Waals surface area contributed by atoms with E-state index >= 15 is 0 Å². The van der Waals surface area contributed by atoms with Crippen molar-refractivity contribution in [3.05, 3.63) is 46.8 Å². The summed E-state index contributed by atoms with van der Waals surface area (Å²) in [5, 5.41) is 14.8. The summed E-state index contributed by atoms with van der Waals surface area (Å²) in [6, 6.07) is 3.88. The van der Waals surface area contributed by atoms with Crippen LogP contribution in [0.25, 0.3) is 0 Å². The van der Waals surface area contributed by atoms with E-state index in [9.17, 15) is 27.9 Å². The van der Waals surface area contributed by atoms with Gasteiger partial charge >= 0.3 is 6.18 Å². The molecule has 1 aliphatic carbocycles. The molecule has 2 amide bonds. The normalized spacial score (nSPS) is 14.6. The fourth-order valence-corrected chi connectivity index (χ4v) is 2.92. The van der Waals surface area contributed by atoms with Gasteiger partial charge in [0.15, 0.2) is 6.61 Å². The van der Waals surface area contributed by atoms with Gasteiger partial charge in [0.25, 0.3) is 5.91 Å². The van der Waals surface area contributed by atoms with Crippen LogP contribution in [0.4, 0.5) is 19.0 Å². The highest BCUT2D eigenvalue weighted by Crippen LogP contribution is 2.30. The second kappa shape index (κ2) is 9.51. The summed E-state index contributed by atoms with van der Waals surface area (Å²) in [4.78, 5) is 32.8. The molecule has 172 valence electrons. The van der Waals surface area contributed by atoms with Crippen LogP contribution in [0.5, 0.6) is 5.88 Å². The Kier molecular flexibility index (Phi) is 6.97. The minimum Gasteiger partial charge on any atom is -0.468 e. The number of aliphatic hydroxyl groups excluding tert-OH is 1. The molecule has 32 heavy (non-hydrogen) atoms. The van der Waals surface area contributed by atoms with Gasteiger partial charge in [0.05, 0.1) is 18.3 Å². The standard InChI is InChI=1S/C21H23F3N4O4/c1-11-5-15(8-25-20(11)32-10-21(22,23)24)12(2)26-19(31)14-6-16(9-29)27-17(7-14)28-18(30)13-3-4-13/h5-8,12-13,29H,3-4,9-10H2,1-2H3,(H,26,31)(H,27,28,30). The van der Waals surface area contributed by atoms with Crippen molar-refractivity contribution in [2.75, 3.05) is 11.9 Å². The molecule has 1 saturated carbocycles. The van der Waals surface area contributed by atoms with E-state index in [2.05, 4.69) is 25.3 Å². The topological polar surface area (TPSA) is 113 Å². The third-order valence-electron chi connectivity index (χ3n) is 4.77. The van der Waals surface area contributed by atoms with Crippen LogP contribution in [0.3, 0.4) is 0 Å². The Morgan fingerprint density at radius 3 is 2.59 bits per heavy atom. The summed E-state index contributed by atoms with van der Waals surface area (Å²) in [5.41, 5.74) is 1.37. The molecule has 1 aliphatic rings. The van der Waals surface area contributed by atoms with Crippen LogP contribution in [-0.2, 0) is 11.4 Å². The first-order valence-corrected chi connectivity index (χ1v) is 9.95. The molecule has 0 bridgehead atoms. The van der Waals surface area contributed by atoms with Crippen LogP contribution in [0.2, 0.25) is 0 Å². The summed E-state index contributed by atoms with van der Waals surface area (Å²) < 4.78 is 41.7. The smallest absolute Gasteiger partial charge is 0.422 e. The SMILES string of the molecule is Cc1cc(C(C)NC(=O)c2cc(CO)nc(NC(=O)C3CC3)c2)cnc1OCC(F)(F)F. The number of aryl methyl sites for hydroxylation is 1. The number of nitrogens with one attached hydrogen (secondary N) is 2. The average Bonchev–Trinajstić information content (AvgIpc) is 3.57. The molecule has 1 atom stereocenters. The zero-order valence-electron chi connectivity index (χ0n) is 17.5. The number of anilines is 1. The van der Waals surface area contributed by atoms with E-state index in [1.54, 1.807) is 19.9 Å². The van der Waals surface area contributed by atoms with Crippen molar-refractivity contribution in [2.45, 2.75) is 45.5 Å². The summed E-state index contributed by atoms with van der Waals surface area (Å²) in [6.45, 7) is 1.39. The zero-order chi connectivity index (χ0) is 23.5. The van der Waals surface area contributed by atoms with Crippen molar-refractivity contribution in [3.8, 4) is 5.88 Å². The molecule has 2 aromatic heterocycles. The number of hydrogen-bond donors (Lipinski definition) is 3. The van der Waals surface area contributed by atoms with Crippen LogP contribution in [0.15, 0.2) is 24.4 Å². The van der Waals surface area contributed by atoms with Crippen molar-refractivity contribution >= 4 is 17.6 Å². The number of hydrogen-bond acceptors (Lipinski definition) is 6. The highest BCUT2D eigenvalue weighted by atomic mass is 19.4. The molecule has 0 radical (unpaired) electrons. The van der Waals surface area contributed by atoms with Gasteiger partial charge in [-0.2, -0.15) is 13.2 Å². The Morgan fingerprint density at radius 2 is 2.00 bits per heavy atom. The van der Waals surface area contributed by atoms with Crippen molar-refractivity contribution in [2.24, 2.45) is 5.92 Å². The third kappa shape index (κ3) is 6.39. The first kappa shape index (κ1) is 23.5. The minimum absolute atomic E-state index is 0.0503. The second-order valence-corrected chi connectivity index (χ2v) is 7.64. The first-order valence-electron chi connectivity index (χ1n) is 9.95. The summed E-state index contributed by atoms with van der Waals surface area (Å²) in [6.07, 6.45) is -1.52. The lowest BCUT2D eigenvalue weighted by atomic mass is 10.1. The van der Waals surface area contributed by atoms with Crippen LogP contribution in [0, 0.1) is 12.8 Å². The Hall–Kier alpha value is -3.21. The third-order valence-corrected chi connectivity index (χ3v) is 4.77. The molecule has 1 unspecified atom stereocenters. The van der Waals surface area contributed by atoms with Crippen LogP contribution < -0.4 is 15.4 Å². The number of ether oxygens (including phenoxy) is 1. The molecule has 0 aromatic carbocycles. The molecule has 2 aromatic rings. The molecular weight excluding hydrogens is 429 g/mol. The van der Waals surface area contributed by atoms with Gasteiger partial charge in [-0.1, -0.05) is 0 Å². The molecule has 1 fully saturated rings. The molecule has 0 aliphatic heterocycles. The Balaban J connectivity index is 1.69. The Morgan fingerprint density at radius 1 is 1.28 bits per heavy atom. The fraction of sp³-hybridized carbons (Fsp3) is 0.429. The van der Waals surface area contributed by atoms with E-state index in [-0.39, 0.29) is 34.8 Å². The van der Waals surface area contributed by atoms with Crippen molar-refractivity contribution in [1.29, 1.82) is 0 Å². The summed E-state index contributed by atoms with van der Waals surface area (Å²) in [7, 11) is 0. The highest BCUT2D eigenvalue weighted by Gasteiger charge is 2.30. The molecule has 3 N–H and O–H groups in total. The maximum absolute atomic E-state index is 12.7. The number of nitrogens with zero attached hydrogens (tertiary/aromatic N) is 2. The minimum atomic E-state index is -4.47. The summed E-state index contributed by atoms with van der Waals surface area (Å²) in [5.74, 6) is -0.670. The van der Waals surface area contributed by atoms with Crippen molar-refractivity contribution < 1.29 is 32.6 Å². The van der Waals surface area contributed by atoms with Gasteiger partial charge in [0.1, 0.15) is 5.82 Å². The van der Waals surface area contributed by atoms with Gasteiger partial charge in [0.2, 0.25) is 11.8 Å². The monoisotopic (exact) mass is 452 g/mol. The van der Waals surface area contributed by atoms with Gasteiger partial charge in [-0.05, 0) is 50.5 Å². The molecule has 0 spiro atoms. The number of amides is 2. The number of alkyl halides is 3. The largest absolute Gasteiger partial charge is 0.468 e. The van der Waals surface area contributed by atoms with E-state index < -0.39 is 31.3 Å². The number of rotatable bonds is 8. The van der Waals surface area contributed by atoms with Gasteiger partial charge in [0, 0.05) is 23.2 Å². The van der Waals surface area contributed by atoms with Crippen molar-refractivity contribution in [1.82, 2.24) is 15.3 Å². The van der Waals surface area contributed by atoms with Gasteiger partial charge in [-0.3, -0.25) is 9.59 Å². The lowest BCUT2D eigenvalue weighted by Crippen LogP contribution is -2.27. The van der Waals surface area contributed by atoms with Gasteiger partial charge in [-0.25, -0.2) is 9.97 Å². The van der Waals surface area contributed by atoms with E-state index in [1.807, 2.05) is 0 Å². The molecule has 11 heteroatoms. The fourth-order valence-electron chi connectivity index (χ4n) is 2.92. The number of aromatic nitrogens is 2. The molecule has 8 nitrogen and oxygen atoms in total. The molecule has 0 saturated heterocycles. The van der Waals surface area contributed by atoms with E-state index in [0.717, 1.165) is 12.8 Å². The maximum atomic E-state index is 12.7. The average molecular weight is 452 g/mol. The Labute approximate surface area is 182 Å². The van der Waals surface area contributed by atoms with Gasteiger partial charge in [-0.15, -0.1) is 0 Å². The first-order chi connectivity index (χ1) is 15.1. The number of aliphatic hydroxyl groups is 1. The molecule has 3 rings (SSSR count). The summed E-state index contributed by atoms with van der Waals surface area (Å²) >= 11 is 0. The number of carbonyl (C=O) groups excluding carboxylic acids is 2. The van der Waals surface area contributed by atoms with Gasteiger partial charge < -0.3 is 20.5 Å². The zero-order valence-corrected chi connectivity index (χ0v) is 17.5. The van der Waals surface area contributed by atoms with E-state index in [0.29, 0.717) is 11.1 Å². The van der Waals surface area contributed by atoms with E-state index in [1.165, 1.54) is 18.3 Å². The van der Waals surface area contributed by atoms with Crippen LogP contribution >= 0.6 is 0 Å². The lowest BCUT2D eigenvalue weighted by molar-refractivity contribution is -0.154. The van der Waals surface area contributed by atoms with Crippen LogP contribution in [-0.4, -0.2) is 39.7 Å². The van der Waals surface area contributed by atoms with Crippen LogP contribution in [0.1, 0.15) is 53.0 Å². The lowest BCUT2D eigenvalue weighted by Gasteiger charge is -2.17. The highest BCUT2D eigenvalue weighted by molar-refractivity contribution is 5.97. The maximum Gasteiger partial charge on any atom is 0.422 e. The predicted octanol–water partition coefficient (Wildman–Crippen LogP) is 3.06. The van der Waals surface area contributed by atoms with Crippen molar-refractivity contribution in [3.63, 3.8) is 0 Å². The second-order valence-electron chi connectivity index (χ2n) is 7.64. The number of halogens is 3. The quantitative estimate of drug-likeness (QED) is 0.567. The number of carbonyl (C=O) groups is 2. The molecular formula is C21H23F3N4O4.